The summed E-state index contributed by atoms with van der Waals surface area (Å²) in [5.74, 6) is 0.697. The second-order valence-corrected chi connectivity index (χ2v) is 7.97. The number of rotatable bonds is 6. The third-order valence-corrected chi connectivity index (χ3v) is 5.74. The first-order valence-corrected chi connectivity index (χ1v) is 10.7. The summed E-state index contributed by atoms with van der Waals surface area (Å²) < 4.78 is 6.63. The number of benzene rings is 3. The van der Waals surface area contributed by atoms with E-state index in [-0.39, 0.29) is 11.2 Å². The number of methoxy groups -OCH3 is 1. The molecule has 0 aliphatic carbocycles. The van der Waals surface area contributed by atoms with Crippen molar-refractivity contribution in [3.8, 4) is 22.7 Å². The molecule has 1 N–H and O–H groups in total. The maximum absolute atomic E-state index is 13.6. The summed E-state index contributed by atoms with van der Waals surface area (Å²) in [7, 11) is 1.59. The van der Waals surface area contributed by atoms with Gasteiger partial charge in [-0.1, -0.05) is 6.07 Å². The number of nitrogens with one attached hydrogen (secondary N) is 1. The van der Waals surface area contributed by atoms with Crippen LogP contribution in [0.25, 0.3) is 16.9 Å². The van der Waals surface area contributed by atoms with Crippen LogP contribution in [0.3, 0.4) is 0 Å². The average Bonchev–Trinajstić information content (AvgIpc) is 3.18. The van der Waals surface area contributed by atoms with Crippen LogP contribution in [0.2, 0.25) is 0 Å². The molecule has 0 amide bonds. The number of nitro groups is 1. The number of aromatic nitrogens is 2. The lowest BCUT2D eigenvalue weighted by Gasteiger charge is -2.06. The Bertz CT molecular complexity index is 1450. The lowest BCUT2D eigenvalue weighted by molar-refractivity contribution is -0.384. The van der Waals surface area contributed by atoms with Crippen LogP contribution in [0.4, 0.5) is 11.4 Å². The average molecular weight is 457 g/mol. The molecule has 0 aliphatic heterocycles. The quantitative estimate of drug-likeness (QED) is 0.235. The second-order valence-electron chi connectivity index (χ2n) is 7.97. The minimum Gasteiger partial charge on any atom is -0.497 e. The van der Waals surface area contributed by atoms with Crippen molar-refractivity contribution >= 4 is 17.1 Å². The summed E-state index contributed by atoms with van der Waals surface area (Å²) in [6, 6.07) is 19.0. The van der Waals surface area contributed by atoms with Gasteiger partial charge in [0.15, 0.2) is 0 Å². The van der Waals surface area contributed by atoms with E-state index in [0.29, 0.717) is 28.4 Å². The number of aliphatic imine (C=N–C) groups is 1. The number of ether oxygens (including phenoxy) is 1. The molecule has 0 atom stereocenters. The molecule has 3 aromatic carbocycles. The van der Waals surface area contributed by atoms with E-state index in [1.54, 1.807) is 14.0 Å². The van der Waals surface area contributed by atoms with E-state index in [4.69, 9.17) is 9.73 Å². The molecule has 4 aromatic rings. The highest BCUT2D eigenvalue weighted by atomic mass is 16.6. The van der Waals surface area contributed by atoms with Crippen LogP contribution < -0.4 is 10.3 Å². The molecule has 0 unspecified atom stereocenters. The van der Waals surface area contributed by atoms with Gasteiger partial charge in [-0.25, -0.2) is 4.68 Å². The normalized spacial score (nSPS) is 11.5. The van der Waals surface area contributed by atoms with Crippen molar-refractivity contribution in [1.82, 2.24) is 9.78 Å². The fourth-order valence-electron chi connectivity index (χ4n) is 3.69. The lowest BCUT2D eigenvalue weighted by Crippen LogP contribution is -2.19. The van der Waals surface area contributed by atoms with Crippen LogP contribution in [0.1, 0.15) is 23.6 Å². The number of non-ortho nitro benzene ring substituents is 1. The Balaban J connectivity index is 1.88. The molecule has 1 aromatic heterocycles. The topological polar surface area (TPSA) is 103 Å². The van der Waals surface area contributed by atoms with E-state index >= 15 is 0 Å². The summed E-state index contributed by atoms with van der Waals surface area (Å²) in [4.78, 5) is 28.8. The predicted molar refractivity (Wildman–Crippen MR) is 133 cm³/mol. The molecule has 4 rings (SSSR count). The predicted octanol–water partition coefficient (Wildman–Crippen LogP) is 5.51. The first-order chi connectivity index (χ1) is 16.3. The molecular formula is C26H24N4O4. The van der Waals surface area contributed by atoms with Gasteiger partial charge >= 0.3 is 0 Å². The Labute approximate surface area is 196 Å². The van der Waals surface area contributed by atoms with Crippen molar-refractivity contribution in [2.45, 2.75) is 20.8 Å². The van der Waals surface area contributed by atoms with Gasteiger partial charge in [0.25, 0.3) is 11.2 Å². The fraction of sp³-hybridized carbons (Fsp3) is 0.154. The Kier molecular flexibility index (Phi) is 6.14. The number of nitrogens with zero attached hydrogens (tertiary/aromatic N) is 3. The van der Waals surface area contributed by atoms with E-state index in [1.165, 1.54) is 28.9 Å². The molecule has 0 saturated heterocycles. The third-order valence-electron chi connectivity index (χ3n) is 5.74. The SMILES string of the molecule is COc1ccc(-c2[nH]n(-c3ccc([N+](=O)[O-])cc3)c(=O)c2C(C)=Nc2ccc(C)c(C)c2)cc1. The molecule has 0 aliphatic rings. The fourth-order valence-corrected chi connectivity index (χ4v) is 3.69. The summed E-state index contributed by atoms with van der Waals surface area (Å²) in [5.41, 5.74) is 5.51. The number of aryl methyl sites for hydroxylation is 2. The zero-order valence-electron chi connectivity index (χ0n) is 19.3. The van der Waals surface area contributed by atoms with Crippen molar-refractivity contribution in [3.63, 3.8) is 0 Å². The zero-order chi connectivity index (χ0) is 24.4. The first kappa shape index (κ1) is 22.7. The van der Waals surface area contributed by atoms with E-state index in [0.717, 1.165) is 22.4 Å². The smallest absolute Gasteiger partial charge is 0.280 e. The Morgan fingerprint density at radius 1 is 1.00 bits per heavy atom. The van der Waals surface area contributed by atoms with Crippen LogP contribution in [-0.2, 0) is 0 Å². The van der Waals surface area contributed by atoms with Gasteiger partial charge in [-0.15, -0.1) is 0 Å². The minimum atomic E-state index is -0.476. The number of hydrogen-bond acceptors (Lipinski definition) is 5. The standard InChI is InChI=1S/C26H24N4O4/c1-16-5-8-20(15-17(16)2)27-18(3)24-25(19-6-13-23(34-4)14-7-19)28-29(26(24)31)21-9-11-22(12-10-21)30(32)33/h5-15,28H,1-4H3. The lowest BCUT2D eigenvalue weighted by atomic mass is 10.0. The molecule has 1 heterocycles. The van der Waals surface area contributed by atoms with Crippen LogP contribution in [-0.4, -0.2) is 27.5 Å². The number of nitro benzene ring substituents is 1. The molecule has 172 valence electrons. The summed E-state index contributed by atoms with van der Waals surface area (Å²) in [5, 5.41) is 14.2. The van der Waals surface area contributed by atoms with Crippen molar-refractivity contribution in [2.75, 3.05) is 7.11 Å². The first-order valence-electron chi connectivity index (χ1n) is 10.7. The van der Waals surface area contributed by atoms with Gasteiger partial charge < -0.3 is 4.74 Å². The van der Waals surface area contributed by atoms with Crippen LogP contribution in [0, 0.1) is 24.0 Å². The van der Waals surface area contributed by atoms with Gasteiger partial charge in [0.2, 0.25) is 0 Å². The zero-order valence-corrected chi connectivity index (χ0v) is 19.3. The molecule has 0 saturated carbocycles. The highest BCUT2D eigenvalue weighted by Crippen LogP contribution is 2.26. The third kappa shape index (κ3) is 4.38. The van der Waals surface area contributed by atoms with Crippen molar-refractivity contribution in [1.29, 1.82) is 0 Å². The largest absolute Gasteiger partial charge is 0.497 e. The van der Waals surface area contributed by atoms with Crippen molar-refractivity contribution in [2.24, 2.45) is 4.99 Å². The van der Waals surface area contributed by atoms with E-state index in [9.17, 15) is 14.9 Å². The molecule has 0 bridgehead atoms. The molecule has 0 spiro atoms. The molecule has 0 radical (unpaired) electrons. The highest BCUT2D eigenvalue weighted by molar-refractivity contribution is 6.04. The van der Waals surface area contributed by atoms with Gasteiger partial charge in [0, 0.05) is 17.7 Å². The monoisotopic (exact) mass is 456 g/mol. The van der Waals surface area contributed by atoms with Gasteiger partial charge in [0.1, 0.15) is 5.75 Å². The maximum Gasteiger partial charge on any atom is 0.280 e. The Morgan fingerprint density at radius 2 is 1.68 bits per heavy atom. The van der Waals surface area contributed by atoms with Crippen LogP contribution in [0.15, 0.2) is 76.5 Å². The Morgan fingerprint density at radius 3 is 2.26 bits per heavy atom. The highest BCUT2D eigenvalue weighted by Gasteiger charge is 2.20. The number of H-pyrrole nitrogens is 1. The van der Waals surface area contributed by atoms with Crippen molar-refractivity contribution < 1.29 is 9.66 Å². The Hall–Kier alpha value is -4.46. The van der Waals surface area contributed by atoms with Crippen molar-refractivity contribution in [3.05, 3.63) is 104 Å². The molecule has 8 heteroatoms. The van der Waals surface area contributed by atoms with Crippen LogP contribution >= 0.6 is 0 Å². The second kappa shape index (κ2) is 9.19. The molecular weight excluding hydrogens is 432 g/mol. The summed E-state index contributed by atoms with van der Waals surface area (Å²) >= 11 is 0. The van der Waals surface area contributed by atoms with E-state index in [1.807, 2.05) is 56.3 Å². The maximum atomic E-state index is 13.6. The summed E-state index contributed by atoms with van der Waals surface area (Å²) in [6.45, 7) is 5.85. The van der Waals surface area contributed by atoms with Gasteiger partial charge in [-0.2, -0.15) is 0 Å². The molecule has 0 fully saturated rings. The van der Waals surface area contributed by atoms with E-state index in [2.05, 4.69) is 5.10 Å². The van der Waals surface area contributed by atoms with E-state index < -0.39 is 4.92 Å². The molecule has 8 nitrogen and oxygen atoms in total. The molecule has 34 heavy (non-hydrogen) atoms. The minimum absolute atomic E-state index is 0.0496. The summed E-state index contributed by atoms with van der Waals surface area (Å²) in [6.07, 6.45) is 0. The number of hydrogen-bond donors (Lipinski definition) is 1. The van der Waals surface area contributed by atoms with Gasteiger partial charge in [-0.3, -0.25) is 25.0 Å². The number of aromatic amines is 1. The van der Waals surface area contributed by atoms with Gasteiger partial charge in [-0.05, 0) is 80.4 Å². The van der Waals surface area contributed by atoms with Gasteiger partial charge in [0.05, 0.1) is 40.4 Å². The van der Waals surface area contributed by atoms with Crippen LogP contribution in [0.5, 0.6) is 5.75 Å².